The van der Waals surface area contributed by atoms with Gasteiger partial charge in [0, 0.05) is 24.8 Å². The minimum absolute atomic E-state index is 0.312. The molecule has 0 saturated carbocycles. The molecule has 0 aromatic carbocycles. The first kappa shape index (κ1) is 12.7. The number of fused-ring (bicyclic) bond motifs is 1. The van der Waals surface area contributed by atoms with E-state index in [-0.39, 0.29) is 0 Å². The van der Waals surface area contributed by atoms with E-state index in [1.54, 1.807) is 0 Å². The zero-order valence-electron chi connectivity index (χ0n) is 10.5. The van der Waals surface area contributed by atoms with Crippen LogP contribution in [0.25, 0.3) is 0 Å². The maximum absolute atomic E-state index is 12.4. The fourth-order valence-corrected chi connectivity index (χ4v) is 3.09. The normalized spacial score (nSPS) is 27.5. The standard InChI is InChI=1S/C13H16F3N3/c14-13(15,16)9-3-4-12(17-8-9)18-10-5-7-19-6-1-2-11(10)19/h3-4,8,10-11H,1-2,5-7H2,(H,17,18). The van der Waals surface area contributed by atoms with Crippen LogP contribution >= 0.6 is 0 Å². The van der Waals surface area contributed by atoms with Gasteiger partial charge in [-0.1, -0.05) is 0 Å². The second-order valence-electron chi connectivity index (χ2n) is 5.21. The minimum Gasteiger partial charge on any atom is -0.366 e. The molecule has 0 aliphatic carbocycles. The van der Waals surface area contributed by atoms with Gasteiger partial charge in [-0.15, -0.1) is 0 Å². The summed E-state index contributed by atoms with van der Waals surface area (Å²) in [5.74, 6) is 0.534. The number of hydrogen-bond donors (Lipinski definition) is 1. The molecule has 0 spiro atoms. The molecule has 19 heavy (non-hydrogen) atoms. The number of pyridine rings is 1. The van der Waals surface area contributed by atoms with E-state index in [1.807, 2.05) is 0 Å². The fourth-order valence-electron chi connectivity index (χ4n) is 3.09. The Balaban J connectivity index is 1.67. The van der Waals surface area contributed by atoms with E-state index >= 15 is 0 Å². The van der Waals surface area contributed by atoms with Crippen LogP contribution in [0.15, 0.2) is 18.3 Å². The Morgan fingerprint density at radius 1 is 1.21 bits per heavy atom. The van der Waals surface area contributed by atoms with Crippen molar-refractivity contribution in [3.8, 4) is 0 Å². The lowest BCUT2D eigenvalue weighted by Crippen LogP contribution is -2.34. The van der Waals surface area contributed by atoms with Gasteiger partial charge in [0.25, 0.3) is 0 Å². The first-order valence-corrected chi connectivity index (χ1v) is 6.58. The lowest BCUT2D eigenvalue weighted by atomic mass is 10.1. The monoisotopic (exact) mass is 271 g/mol. The summed E-state index contributed by atoms with van der Waals surface area (Å²) in [6.45, 7) is 2.21. The zero-order chi connectivity index (χ0) is 13.5. The summed E-state index contributed by atoms with van der Waals surface area (Å²) in [6.07, 6.45) is -0.0141. The maximum Gasteiger partial charge on any atom is 0.417 e. The van der Waals surface area contributed by atoms with Crippen LogP contribution in [0, 0.1) is 0 Å². The highest BCUT2D eigenvalue weighted by molar-refractivity contribution is 5.38. The van der Waals surface area contributed by atoms with Crippen molar-refractivity contribution in [3.05, 3.63) is 23.9 Å². The Labute approximate surface area is 109 Å². The second kappa shape index (κ2) is 4.67. The smallest absolute Gasteiger partial charge is 0.366 e. The van der Waals surface area contributed by atoms with Gasteiger partial charge < -0.3 is 5.32 Å². The highest BCUT2D eigenvalue weighted by Crippen LogP contribution is 2.31. The molecule has 3 heterocycles. The van der Waals surface area contributed by atoms with Gasteiger partial charge in [0.1, 0.15) is 5.82 Å². The van der Waals surface area contributed by atoms with Gasteiger partial charge in [0.05, 0.1) is 5.56 Å². The Kier molecular flexibility index (Phi) is 3.12. The molecule has 1 aromatic rings. The summed E-state index contributed by atoms with van der Waals surface area (Å²) in [6, 6.07) is 3.33. The van der Waals surface area contributed by atoms with Crippen LogP contribution in [0.1, 0.15) is 24.8 Å². The van der Waals surface area contributed by atoms with E-state index in [9.17, 15) is 13.2 Å². The van der Waals surface area contributed by atoms with Gasteiger partial charge in [-0.2, -0.15) is 13.2 Å². The van der Waals surface area contributed by atoms with Crippen molar-refractivity contribution in [1.29, 1.82) is 0 Å². The minimum atomic E-state index is -4.32. The van der Waals surface area contributed by atoms with Crippen molar-refractivity contribution in [2.75, 3.05) is 18.4 Å². The average Bonchev–Trinajstić information content (AvgIpc) is 2.94. The van der Waals surface area contributed by atoms with Gasteiger partial charge >= 0.3 is 6.18 Å². The summed E-state index contributed by atoms with van der Waals surface area (Å²) >= 11 is 0. The van der Waals surface area contributed by atoms with Gasteiger partial charge in [-0.05, 0) is 37.9 Å². The topological polar surface area (TPSA) is 28.2 Å². The number of hydrogen-bond acceptors (Lipinski definition) is 3. The third-order valence-corrected chi connectivity index (χ3v) is 4.03. The van der Waals surface area contributed by atoms with Gasteiger partial charge in [-0.3, -0.25) is 4.90 Å². The average molecular weight is 271 g/mol. The van der Waals surface area contributed by atoms with E-state index in [1.165, 1.54) is 12.5 Å². The zero-order valence-corrected chi connectivity index (χ0v) is 10.5. The number of halogens is 3. The summed E-state index contributed by atoms with van der Waals surface area (Å²) in [5, 5.41) is 3.27. The number of rotatable bonds is 2. The maximum atomic E-state index is 12.4. The number of anilines is 1. The van der Waals surface area contributed by atoms with Crippen LogP contribution in [0.4, 0.5) is 19.0 Å². The lowest BCUT2D eigenvalue weighted by molar-refractivity contribution is -0.137. The summed E-state index contributed by atoms with van der Waals surface area (Å²) in [7, 11) is 0. The largest absolute Gasteiger partial charge is 0.417 e. The molecule has 0 radical (unpaired) electrons. The molecule has 3 rings (SSSR count). The molecule has 104 valence electrons. The number of aromatic nitrogens is 1. The summed E-state index contributed by atoms with van der Waals surface area (Å²) in [5.41, 5.74) is -0.702. The first-order valence-electron chi connectivity index (χ1n) is 6.58. The Morgan fingerprint density at radius 3 is 2.74 bits per heavy atom. The summed E-state index contributed by atoms with van der Waals surface area (Å²) in [4.78, 5) is 6.32. The van der Waals surface area contributed by atoms with Crippen LogP contribution in [0.3, 0.4) is 0 Å². The molecule has 2 unspecified atom stereocenters. The molecule has 2 aliphatic rings. The number of nitrogens with zero attached hydrogens (tertiary/aromatic N) is 2. The Bertz CT molecular complexity index is 443. The molecule has 0 amide bonds. The molecule has 2 atom stereocenters. The van der Waals surface area contributed by atoms with E-state index in [0.29, 0.717) is 17.9 Å². The molecule has 2 aliphatic heterocycles. The van der Waals surface area contributed by atoms with Gasteiger partial charge in [0.15, 0.2) is 0 Å². The molecule has 1 aromatic heterocycles. The van der Waals surface area contributed by atoms with Crippen LogP contribution in [-0.4, -0.2) is 35.1 Å². The van der Waals surface area contributed by atoms with Crippen molar-refractivity contribution < 1.29 is 13.2 Å². The Morgan fingerprint density at radius 2 is 2.05 bits per heavy atom. The molecule has 3 nitrogen and oxygen atoms in total. The fraction of sp³-hybridized carbons (Fsp3) is 0.615. The SMILES string of the molecule is FC(F)(F)c1ccc(NC2CCN3CCCC23)nc1. The predicted molar refractivity (Wildman–Crippen MR) is 65.9 cm³/mol. The molecule has 2 fully saturated rings. The molecule has 2 saturated heterocycles. The third kappa shape index (κ3) is 2.54. The molecular formula is C13H16F3N3. The molecule has 0 bridgehead atoms. The van der Waals surface area contributed by atoms with E-state index in [2.05, 4.69) is 15.2 Å². The number of nitrogens with one attached hydrogen (secondary N) is 1. The van der Waals surface area contributed by atoms with Crippen molar-refractivity contribution in [2.45, 2.75) is 37.5 Å². The lowest BCUT2D eigenvalue weighted by Gasteiger charge is -2.21. The van der Waals surface area contributed by atoms with Crippen molar-refractivity contribution in [2.24, 2.45) is 0 Å². The van der Waals surface area contributed by atoms with Crippen molar-refractivity contribution in [3.63, 3.8) is 0 Å². The first-order chi connectivity index (χ1) is 9.04. The van der Waals surface area contributed by atoms with Crippen molar-refractivity contribution >= 4 is 5.82 Å². The molecular weight excluding hydrogens is 255 g/mol. The number of alkyl halides is 3. The highest BCUT2D eigenvalue weighted by atomic mass is 19.4. The van der Waals surface area contributed by atoms with Crippen molar-refractivity contribution in [1.82, 2.24) is 9.88 Å². The van der Waals surface area contributed by atoms with Crippen LogP contribution < -0.4 is 5.32 Å². The van der Waals surface area contributed by atoms with Crippen LogP contribution in [-0.2, 0) is 6.18 Å². The molecule has 1 N–H and O–H groups in total. The van der Waals surface area contributed by atoms with E-state index in [0.717, 1.165) is 38.2 Å². The van der Waals surface area contributed by atoms with Gasteiger partial charge in [-0.25, -0.2) is 4.98 Å². The third-order valence-electron chi connectivity index (χ3n) is 4.03. The quantitative estimate of drug-likeness (QED) is 0.896. The van der Waals surface area contributed by atoms with E-state index < -0.39 is 11.7 Å². The van der Waals surface area contributed by atoms with E-state index in [4.69, 9.17) is 0 Å². The summed E-state index contributed by atoms with van der Waals surface area (Å²) < 4.78 is 37.3. The highest BCUT2D eigenvalue weighted by Gasteiger charge is 2.37. The van der Waals surface area contributed by atoms with Crippen LogP contribution in [0.5, 0.6) is 0 Å². The van der Waals surface area contributed by atoms with Gasteiger partial charge in [0.2, 0.25) is 0 Å². The second-order valence-corrected chi connectivity index (χ2v) is 5.21. The predicted octanol–water partition coefficient (Wildman–Crippen LogP) is 2.75. The Hall–Kier alpha value is -1.30. The molecule has 6 heteroatoms. The van der Waals surface area contributed by atoms with Crippen LogP contribution in [0.2, 0.25) is 0 Å².